The molecule has 0 saturated heterocycles. The van der Waals surface area contributed by atoms with Crippen LogP contribution in [0.1, 0.15) is 16.2 Å². The number of benzene rings is 2. The molecule has 3 rings (SSSR count). The molecule has 0 spiro atoms. The van der Waals surface area contributed by atoms with Crippen LogP contribution in [0.4, 0.5) is 0 Å². The highest BCUT2D eigenvalue weighted by Crippen LogP contribution is 2.22. The molecule has 0 bridgehead atoms. The van der Waals surface area contributed by atoms with Crippen molar-refractivity contribution in [2.24, 2.45) is 0 Å². The summed E-state index contributed by atoms with van der Waals surface area (Å²) in [7, 11) is 3.18. The zero-order valence-electron chi connectivity index (χ0n) is 14.6. The number of hydrogen-bond acceptors (Lipinski definition) is 6. The number of nitrogens with zero attached hydrogens (tertiary/aromatic N) is 2. The van der Waals surface area contributed by atoms with E-state index in [0.717, 1.165) is 5.56 Å². The molecule has 1 N–H and O–H groups in total. The Bertz CT molecular complexity index is 875. The summed E-state index contributed by atoms with van der Waals surface area (Å²) in [5.41, 5.74) is 1.35. The van der Waals surface area contributed by atoms with Gasteiger partial charge in [-0.15, -0.1) is 10.2 Å². The molecule has 1 amide bonds. The minimum absolute atomic E-state index is 0.166. The molecular weight excluding hydrogens is 334 g/mol. The lowest BCUT2D eigenvalue weighted by Crippen LogP contribution is -2.25. The summed E-state index contributed by atoms with van der Waals surface area (Å²) in [4.78, 5) is 12.1. The normalized spacial score (nSPS) is 10.4. The Hall–Kier alpha value is -3.35. The molecule has 0 saturated carbocycles. The van der Waals surface area contributed by atoms with E-state index in [9.17, 15) is 4.79 Å². The molecule has 0 fully saturated rings. The van der Waals surface area contributed by atoms with Gasteiger partial charge in [-0.1, -0.05) is 6.07 Å². The van der Waals surface area contributed by atoms with Gasteiger partial charge in [0.05, 0.1) is 14.2 Å². The first-order valence-corrected chi connectivity index (χ1v) is 8.08. The molecule has 0 unspecified atom stereocenters. The summed E-state index contributed by atoms with van der Waals surface area (Å²) in [6, 6.07) is 14.3. The number of nitrogens with one attached hydrogen (secondary N) is 1. The number of hydrogen-bond donors (Lipinski definition) is 1. The standard InChI is InChI=1S/C19H19N3O4/c1-24-15-8-6-13(7-9-15)18(23)20-11-10-17-21-22-19(26-17)14-4-3-5-16(12-14)25-2/h3-9,12H,10-11H2,1-2H3,(H,20,23). The Morgan fingerprint density at radius 2 is 1.81 bits per heavy atom. The Labute approximate surface area is 151 Å². The second kappa shape index (κ2) is 8.15. The van der Waals surface area contributed by atoms with Crippen LogP contribution in [0, 0.1) is 0 Å². The Balaban J connectivity index is 1.55. The van der Waals surface area contributed by atoms with E-state index in [1.54, 1.807) is 38.5 Å². The van der Waals surface area contributed by atoms with Crippen LogP contribution < -0.4 is 14.8 Å². The molecule has 0 radical (unpaired) electrons. The van der Waals surface area contributed by atoms with Crippen LogP contribution in [0.2, 0.25) is 0 Å². The van der Waals surface area contributed by atoms with Gasteiger partial charge in [0.15, 0.2) is 0 Å². The monoisotopic (exact) mass is 353 g/mol. The maximum Gasteiger partial charge on any atom is 0.251 e. The van der Waals surface area contributed by atoms with Gasteiger partial charge in [-0.3, -0.25) is 4.79 Å². The van der Waals surface area contributed by atoms with Crippen LogP contribution in [0.15, 0.2) is 52.9 Å². The van der Waals surface area contributed by atoms with Gasteiger partial charge >= 0.3 is 0 Å². The first-order valence-electron chi connectivity index (χ1n) is 8.08. The lowest BCUT2D eigenvalue weighted by atomic mass is 10.2. The quantitative estimate of drug-likeness (QED) is 0.703. The third kappa shape index (κ3) is 4.18. The molecule has 1 heterocycles. The molecular formula is C19H19N3O4. The smallest absolute Gasteiger partial charge is 0.251 e. The van der Waals surface area contributed by atoms with Gasteiger partial charge in [0, 0.05) is 24.1 Å². The van der Waals surface area contributed by atoms with Gasteiger partial charge in [0.1, 0.15) is 11.5 Å². The first kappa shape index (κ1) is 17.5. The molecule has 134 valence electrons. The topological polar surface area (TPSA) is 86.5 Å². The number of methoxy groups -OCH3 is 2. The van der Waals surface area contributed by atoms with Crippen molar-refractivity contribution in [1.29, 1.82) is 0 Å². The molecule has 0 atom stereocenters. The summed E-state index contributed by atoms with van der Waals surface area (Å²) in [6.45, 7) is 0.393. The zero-order chi connectivity index (χ0) is 18.4. The predicted octanol–water partition coefficient (Wildman–Crippen LogP) is 2.73. The van der Waals surface area contributed by atoms with E-state index in [0.29, 0.717) is 41.8 Å². The molecule has 7 nitrogen and oxygen atoms in total. The van der Waals surface area contributed by atoms with Crippen molar-refractivity contribution in [3.63, 3.8) is 0 Å². The van der Waals surface area contributed by atoms with Crippen molar-refractivity contribution >= 4 is 5.91 Å². The lowest BCUT2D eigenvalue weighted by molar-refractivity contribution is 0.0953. The molecule has 2 aromatic carbocycles. The second-order valence-corrected chi connectivity index (χ2v) is 5.47. The summed E-state index contributed by atoms with van der Waals surface area (Å²) < 4.78 is 15.9. The number of carbonyl (C=O) groups excluding carboxylic acids is 1. The van der Waals surface area contributed by atoms with Crippen molar-refractivity contribution in [2.75, 3.05) is 20.8 Å². The van der Waals surface area contributed by atoms with E-state index in [2.05, 4.69) is 15.5 Å². The maximum atomic E-state index is 12.1. The summed E-state index contributed by atoms with van der Waals surface area (Å²) in [5, 5.41) is 10.9. The van der Waals surface area contributed by atoms with Gasteiger partial charge in [-0.2, -0.15) is 0 Å². The highest BCUT2D eigenvalue weighted by atomic mass is 16.5. The molecule has 0 aliphatic heterocycles. The number of rotatable bonds is 7. The largest absolute Gasteiger partial charge is 0.497 e. The molecule has 26 heavy (non-hydrogen) atoms. The fourth-order valence-electron chi connectivity index (χ4n) is 2.35. The number of amides is 1. The third-order valence-corrected chi connectivity index (χ3v) is 3.76. The maximum absolute atomic E-state index is 12.1. The Morgan fingerprint density at radius 3 is 2.54 bits per heavy atom. The van der Waals surface area contributed by atoms with Crippen molar-refractivity contribution in [1.82, 2.24) is 15.5 Å². The molecule has 0 aliphatic carbocycles. The third-order valence-electron chi connectivity index (χ3n) is 3.76. The summed E-state index contributed by atoms with van der Waals surface area (Å²) in [5.74, 6) is 2.13. The lowest BCUT2D eigenvalue weighted by Gasteiger charge is -2.04. The fourth-order valence-corrected chi connectivity index (χ4v) is 2.35. The van der Waals surface area contributed by atoms with Crippen LogP contribution >= 0.6 is 0 Å². The van der Waals surface area contributed by atoms with Crippen molar-refractivity contribution < 1.29 is 18.7 Å². The van der Waals surface area contributed by atoms with Crippen LogP contribution in [0.3, 0.4) is 0 Å². The van der Waals surface area contributed by atoms with Gasteiger partial charge in [-0.05, 0) is 42.5 Å². The molecule has 7 heteroatoms. The fraction of sp³-hybridized carbons (Fsp3) is 0.211. The zero-order valence-corrected chi connectivity index (χ0v) is 14.6. The molecule has 1 aromatic heterocycles. The SMILES string of the molecule is COc1ccc(C(=O)NCCc2nnc(-c3cccc(OC)c3)o2)cc1. The van der Waals surface area contributed by atoms with Crippen LogP contribution in [-0.2, 0) is 6.42 Å². The van der Waals surface area contributed by atoms with Gasteiger partial charge in [-0.25, -0.2) is 0 Å². The average molecular weight is 353 g/mol. The van der Waals surface area contributed by atoms with Gasteiger partial charge in [0.2, 0.25) is 11.8 Å². The van der Waals surface area contributed by atoms with E-state index in [4.69, 9.17) is 13.9 Å². The Kier molecular flexibility index (Phi) is 5.48. The molecule has 0 aliphatic rings. The predicted molar refractivity (Wildman–Crippen MR) is 95.3 cm³/mol. The van der Waals surface area contributed by atoms with E-state index in [1.807, 2.05) is 24.3 Å². The molecule has 3 aromatic rings. The van der Waals surface area contributed by atoms with E-state index >= 15 is 0 Å². The number of ether oxygens (including phenoxy) is 2. The van der Waals surface area contributed by atoms with Gasteiger partial charge < -0.3 is 19.2 Å². The number of aromatic nitrogens is 2. The highest BCUT2D eigenvalue weighted by Gasteiger charge is 2.10. The Morgan fingerprint density at radius 1 is 1.04 bits per heavy atom. The van der Waals surface area contributed by atoms with Crippen molar-refractivity contribution in [3.05, 3.63) is 60.0 Å². The van der Waals surface area contributed by atoms with E-state index < -0.39 is 0 Å². The van der Waals surface area contributed by atoms with Crippen LogP contribution in [-0.4, -0.2) is 36.9 Å². The summed E-state index contributed by atoms with van der Waals surface area (Å²) >= 11 is 0. The van der Waals surface area contributed by atoms with Gasteiger partial charge in [0.25, 0.3) is 5.91 Å². The number of carbonyl (C=O) groups is 1. The van der Waals surface area contributed by atoms with Crippen LogP contribution in [0.5, 0.6) is 11.5 Å². The van der Waals surface area contributed by atoms with E-state index in [1.165, 1.54) is 0 Å². The van der Waals surface area contributed by atoms with Crippen molar-refractivity contribution in [2.45, 2.75) is 6.42 Å². The minimum atomic E-state index is -0.166. The average Bonchev–Trinajstić information content (AvgIpc) is 3.17. The van der Waals surface area contributed by atoms with E-state index in [-0.39, 0.29) is 5.91 Å². The summed E-state index contributed by atoms with van der Waals surface area (Å²) in [6.07, 6.45) is 0.443. The second-order valence-electron chi connectivity index (χ2n) is 5.47. The minimum Gasteiger partial charge on any atom is -0.497 e. The van der Waals surface area contributed by atoms with Crippen LogP contribution in [0.25, 0.3) is 11.5 Å². The highest BCUT2D eigenvalue weighted by molar-refractivity contribution is 5.94. The first-order chi connectivity index (χ1) is 12.7. The van der Waals surface area contributed by atoms with Crippen molar-refractivity contribution in [3.8, 4) is 23.0 Å².